The van der Waals surface area contributed by atoms with Crippen molar-refractivity contribution in [2.24, 2.45) is 16.6 Å². The first-order chi connectivity index (χ1) is 9.64. The molecule has 108 valence electrons. The standard InChI is InChI=1S/C16H22BrN3/c1-2-12-4-3-9-16(10-12)11-19-15(18)20(16)14-7-5-13(17)6-8-14/h5-8,12H,2-4,9-11H2,1H3,(H2,18,19). The normalized spacial score (nSPS) is 29.8. The molecule has 0 aromatic heterocycles. The van der Waals surface area contributed by atoms with Crippen LogP contribution < -0.4 is 10.6 Å². The Labute approximate surface area is 129 Å². The molecule has 3 nitrogen and oxygen atoms in total. The van der Waals surface area contributed by atoms with Crippen molar-refractivity contribution in [3.63, 3.8) is 0 Å². The van der Waals surface area contributed by atoms with Crippen molar-refractivity contribution in [2.75, 3.05) is 11.4 Å². The van der Waals surface area contributed by atoms with Gasteiger partial charge in [-0.3, -0.25) is 4.99 Å². The Morgan fingerprint density at radius 2 is 2.15 bits per heavy atom. The summed E-state index contributed by atoms with van der Waals surface area (Å²) in [6, 6.07) is 8.42. The number of anilines is 1. The molecule has 1 spiro atoms. The van der Waals surface area contributed by atoms with Crippen molar-refractivity contribution in [3.8, 4) is 0 Å². The van der Waals surface area contributed by atoms with Gasteiger partial charge in [0.15, 0.2) is 5.96 Å². The molecule has 4 heteroatoms. The summed E-state index contributed by atoms with van der Waals surface area (Å²) >= 11 is 3.50. The number of aliphatic imine (C=N–C) groups is 1. The second-order valence-electron chi connectivity index (χ2n) is 6.08. The number of benzene rings is 1. The second kappa shape index (κ2) is 5.40. The topological polar surface area (TPSA) is 41.6 Å². The predicted octanol–water partition coefficient (Wildman–Crippen LogP) is 3.92. The predicted molar refractivity (Wildman–Crippen MR) is 88.1 cm³/mol. The highest BCUT2D eigenvalue weighted by atomic mass is 79.9. The molecular weight excluding hydrogens is 314 g/mol. The van der Waals surface area contributed by atoms with Crippen LogP contribution in [-0.4, -0.2) is 18.0 Å². The summed E-state index contributed by atoms with van der Waals surface area (Å²) in [6.07, 6.45) is 6.31. The largest absolute Gasteiger partial charge is 0.369 e. The lowest BCUT2D eigenvalue weighted by molar-refractivity contribution is 0.235. The zero-order valence-corrected chi connectivity index (χ0v) is 13.6. The van der Waals surface area contributed by atoms with E-state index in [1.807, 2.05) is 0 Å². The van der Waals surface area contributed by atoms with Crippen LogP contribution in [0.5, 0.6) is 0 Å². The maximum absolute atomic E-state index is 6.21. The zero-order valence-electron chi connectivity index (χ0n) is 12.0. The molecule has 1 aliphatic heterocycles. The van der Waals surface area contributed by atoms with Gasteiger partial charge >= 0.3 is 0 Å². The molecule has 3 rings (SSSR count). The molecule has 2 unspecified atom stereocenters. The molecule has 1 aromatic rings. The van der Waals surface area contributed by atoms with Gasteiger partial charge in [0.05, 0.1) is 12.1 Å². The molecule has 1 saturated carbocycles. The zero-order chi connectivity index (χ0) is 14.2. The molecule has 0 radical (unpaired) electrons. The minimum absolute atomic E-state index is 0.122. The summed E-state index contributed by atoms with van der Waals surface area (Å²) in [6.45, 7) is 3.15. The van der Waals surface area contributed by atoms with Crippen LogP contribution in [0.1, 0.15) is 39.0 Å². The molecule has 20 heavy (non-hydrogen) atoms. The number of guanidine groups is 1. The monoisotopic (exact) mass is 335 g/mol. The highest BCUT2D eigenvalue weighted by Crippen LogP contribution is 2.43. The van der Waals surface area contributed by atoms with E-state index in [2.05, 4.69) is 57.0 Å². The van der Waals surface area contributed by atoms with E-state index in [1.165, 1.54) is 37.8 Å². The van der Waals surface area contributed by atoms with Crippen molar-refractivity contribution < 1.29 is 0 Å². The van der Waals surface area contributed by atoms with Crippen LogP contribution >= 0.6 is 15.9 Å². The quantitative estimate of drug-likeness (QED) is 0.889. The SMILES string of the molecule is CCC1CCCC2(CN=C(N)N2c2ccc(Br)cc2)C1. The Morgan fingerprint density at radius 1 is 1.40 bits per heavy atom. The summed E-state index contributed by atoms with van der Waals surface area (Å²) in [5, 5.41) is 0. The van der Waals surface area contributed by atoms with Crippen molar-refractivity contribution in [3.05, 3.63) is 28.7 Å². The first-order valence-electron chi connectivity index (χ1n) is 7.50. The highest BCUT2D eigenvalue weighted by molar-refractivity contribution is 9.10. The van der Waals surface area contributed by atoms with E-state index in [4.69, 9.17) is 5.73 Å². The molecule has 1 aliphatic carbocycles. The van der Waals surface area contributed by atoms with E-state index in [-0.39, 0.29) is 5.54 Å². The summed E-state index contributed by atoms with van der Waals surface area (Å²) in [5.74, 6) is 1.49. The third-order valence-corrected chi connectivity index (χ3v) is 5.35. The molecular formula is C16H22BrN3. The fourth-order valence-electron chi connectivity index (χ4n) is 3.77. The summed E-state index contributed by atoms with van der Waals surface area (Å²) in [4.78, 5) is 6.86. The van der Waals surface area contributed by atoms with Crippen LogP contribution in [-0.2, 0) is 0 Å². The fraction of sp³-hybridized carbons (Fsp3) is 0.562. The lowest BCUT2D eigenvalue weighted by Crippen LogP contribution is -2.54. The van der Waals surface area contributed by atoms with Crippen molar-refractivity contribution in [1.29, 1.82) is 0 Å². The van der Waals surface area contributed by atoms with Gasteiger partial charge in [0.2, 0.25) is 0 Å². The van der Waals surface area contributed by atoms with E-state index in [0.717, 1.165) is 16.9 Å². The van der Waals surface area contributed by atoms with Gasteiger partial charge in [-0.15, -0.1) is 0 Å². The van der Waals surface area contributed by atoms with Gasteiger partial charge < -0.3 is 10.6 Å². The molecule has 1 fully saturated rings. The first kappa shape index (κ1) is 13.9. The van der Waals surface area contributed by atoms with Gasteiger partial charge in [-0.05, 0) is 43.0 Å². The maximum Gasteiger partial charge on any atom is 0.196 e. The van der Waals surface area contributed by atoms with Crippen LogP contribution in [0.25, 0.3) is 0 Å². The molecule has 1 aromatic carbocycles. The summed E-state index contributed by atoms with van der Waals surface area (Å²) in [5.41, 5.74) is 7.50. The molecule has 0 amide bonds. The fourth-order valence-corrected chi connectivity index (χ4v) is 4.03. The molecule has 0 bridgehead atoms. The van der Waals surface area contributed by atoms with Crippen LogP contribution in [0.2, 0.25) is 0 Å². The Kier molecular flexibility index (Phi) is 3.76. The van der Waals surface area contributed by atoms with Crippen LogP contribution in [0.4, 0.5) is 5.69 Å². The molecule has 1 heterocycles. The molecule has 2 atom stereocenters. The van der Waals surface area contributed by atoms with E-state index < -0.39 is 0 Å². The molecule has 2 aliphatic rings. The van der Waals surface area contributed by atoms with Crippen LogP contribution in [0, 0.1) is 5.92 Å². The van der Waals surface area contributed by atoms with Crippen LogP contribution in [0.3, 0.4) is 0 Å². The van der Waals surface area contributed by atoms with Gasteiger partial charge in [0, 0.05) is 10.2 Å². The Bertz CT molecular complexity index is 511. The Morgan fingerprint density at radius 3 is 2.85 bits per heavy atom. The van der Waals surface area contributed by atoms with E-state index in [0.29, 0.717) is 5.96 Å². The number of nitrogens with two attached hydrogens (primary N) is 1. The lowest BCUT2D eigenvalue weighted by atomic mass is 9.74. The maximum atomic E-state index is 6.21. The van der Waals surface area contributed by atoms with Gasteiger partial charge in [0.1, 0.15) is 0 Å². The smallest absolute Gasteiger partial charge is 0.196 e. The number of halogens is 1. The third kappa shape index (κ3) is 2.34. The second-order valence-corrected chi connectivity index (χ2v) is 7.00. The molecule has 0 saturated heterocycles. The van der Waals surface area contributed by atoms with E-state index >= 15 is 0 Å². The van der Waals surface area contributed by atoms with E-state index in [1.54, 1.807) is 0 Å². The van der Waals surface area contributed by atoms with Gasteiger partial charge in [-0.2, -0.15) is 0 Å². The number of hydrogen-bond donors (Lipinski definition) is 1. The Balaban J connectivity index is 1.93. The number of hydrogen-bond acceptors (Lipinski definition) is 3. The third-order valence-electron chi connectivity index (χ3n) is 4.82. The highest BCUT2D eigenvalue weighted by Gasteiger charge is 2.45. The van der Waals surface area contributed by atoms with Crippen LogP contribution in [0.15, 0.2) is 33.7 Å². The van der Waals surface area contributed by atoms with Crippen molar-refractivity contribution >= 4 is 27.6 Å². The van der Waals surface area contributed by atoms with Gasteiger partial charge in [-0.1, -0.05) is 42.1 Å². The average Bonchev–Trinajstić information content (AvgIpc) is 2.77. The minimum atomic E-state index is 0.122. The van der Waals surface area contributed by atoms with E-state index in [9.17, 15) is 0 Å². The number of nitrogens with zero attached hydrogens (tertiary/aromatic N) is 2. The van der Waals surface area contributed by atoms with Gasteiger partial charge in [-0.25, -0.2) is 0 Å². The van der Waals surface area contributed by atoms with Crippen molar-refractivity contribution in [2.45, 2.75) is 44.6 Å². The van der Waals surface area contributed by atoms with Crippen molar-refractivity contribution in [1.82, 2.24) is 0 Å². The minimum Gasteiger partial charge on any atom is -0.369 e. The average molecular weight is 336 g/mol. The summed E-state index contributed by atoms with van der Waals surface area (Å²) < 4.78 is 1.10. The molecule has 2 N–H and O–H groups in total. The first-order valence-corrected chi connectivity index (χ1v) is 8.30. The van der Waals surface area contributed by atoms with Gasteiger partial charge in [0.25, 0.3) is 0 Å². The number of rotatable bonds is 2. The summed E-state index contributed by atoms with van der Waals surface area (Å²) in [7, 11) is 0. The Hall–Kier alpha value is -1.03. The lowest BCUT2D eigenvalue weighted by Gasteiger charge is -2.44.